The molecular formula is C36H45N7O7S2. The molecule has 2 saturated heterocycles. The lowest BCUT2D eigenvalue weighted by Gasteiger charge is -2.34. The zero-order valence-electron chi connectivity index (χ0n) is 29.9. The molecule has 2 aromatic carbocycles. The molecule has 0 spiro atoms. The summed E-state index contributed by atoms with van der Waals surface area (Å²) in [5.41, 5.74) is 7.19. The van der Waals surface area contributed by atoms with Crippen molar-refractivity contribution in [1.29, 1.82) is 0 Å². The molecule has 52 heavy (non-hydrogen) atoms. The molecular weight excluding hydrogens is 707 g/mol. The third-order valence-electron chi connectivity index (χ3n) is 8.66. The number of carbonyl (C=O) groups excluding carboxylic acids is 4. The number of aromatic nitrogens is 1. The van der Waals surface area contributed by atoms with E-state index in [2.05, 4.69) is 15.6 Å². The summed E-state index contributed by atoms with van der Waals surface area (Å²) in [5.74, 6) is -1.37. The van der Waals surface area contributed by atoms with Gasteiger partial charge in [-0.1, -0.05) is 12.1 Å². The first-order chi connectivity index (χ1) is 24.4. The number of rotatable bonds is 9. The Balaban J connectivity index is 1.24. The largest absolute Gasteiger partial charge is 0.458 e. The zero-order valence-corrected chi connectivity index (χ0v) is 31.5. The SMILES string of the molecule is CC(C)(C)OC(=O)[C@H](Cc1ccc(NC(=O)N2CCN(C(=O)c3ccc(N)cc3)CC2)cc1)NC(=O)[C@H]1N(S(=O)(=O)c2cccnc2)CSC1(C)C. The van der Waals surface area contributed by atoms with Gasteiger partial charge in [-0.15, -0.1) is 11.8 Å². The zero-order chi connectivity index (χ0) is 37.8. The fourth-order valence-corrected chi connectivity index (χ4v) is 9.05. The van der Waals surface area contributed by atoms with E-state index in [1.165, 1.54) is 36.3 Å². The average molecular weight is 752 g/mol. The Morgan fingerprint density at radius 3 is 2.21 bits per heavy atom. The van der Waals surface area contributed by atoms with Crippen molar-refractivity contribution in [1.82, 2.24) is 24.4 Å². The summed E-state index contributed by atoms with van der Waals surface area (Å²) in [4.78, 5) is 60.5. The standard InChI is InChI=1S/C36H45N7O7S2/c1-35(2,3)50-33(46)29(40-31(44)30-36(4,5)51-23-43(30)52(48,49)28-7-6-16-38-22-28)21-24-8-14-27(15-9-24)39-34(47)42-19-17-41(18-20-42)32(45)25-10-12-26(37)13-11-25/h6-16,22,29-30H,17-21,23,37H2,1-5H3,(H,39,47)(H,40,44)/t29-,30+/m0/s1. The van der Waals surface area contributed by atoms with Crippen molar-refractivity contribution >= 4 is 57.0 Å². The van der Waals surface area contributed by atoms with E-state index in [-0.39, 0.29) is 29.1 Å². The number of sulfonamides is 1. The molecule has 0 radical (unpaired) electrons. The van der Waals surface area contributed by atoms with Crippen LogP contribution in [0.15, 0.2) is 78.0 Å². The molecule has 278 valence electrons. The predicted octanol–water partition coefficient (Wildman–Crippen LogP) is 3.57. The lowest BCUT2D eigenvalue weighted by Crippen LogP contribution is -2.57. The molecule has 3 heterocycles. The Hall–Kier alpha value is -4.67. The molecule has 4 amide bonds. The highest BCUT2D eigenvalue weighted by molar-refractivity contribution is 8.02. The number of urea groups is 1. The van der Waals surface area contributed by atoms with Crippen LogP contribution in [0.2, 0.25) is 0 Å². The maximum atomic E-state index is 14.0. The van der Waals surface area contributed by atoms with Gasteiger partial charge < -0.3 is 30.9 Å². The third-order valence-corrected chi connectivity index (χ3v) is 12.0. The Morgan fingerprint density at radius 2 is 1.62 bits per heavy atom. The average Bonchev–Trinajstić information content (AvgIpc) is 3.44. The van der Waals surface area contributed by atoms with Gasteiger partial charge in [0.05, 0.1) is 5.88 Å². The Morgan fingerprint density at radius 1 is 0.981 bits per heavy atom. The van der Waals surface area contributed by atoms with Crippen LogP contribution in [0.25, 0.3) is 0 Å². The number of amides is 4. The monoisotopic (exact) mass is 751 g/mol. The number of benzene rings is 2. The second kappa shape index (κ2) is 15.5. The van der Waals surface area contributed by atoms with Gasteiger partial charge in [0.15, 0.2) is 0 Å². The van der Waals surface area contributed by atoms with Crippen LogP contribution >= 0.6 is 11.8 Å². The molecule has 0 bridgehead atoms. The molecule has 2 aliphatic heterocycles. The molecule has 2 atom stereocenters. The van der Waals surface area contributed by atoms with Gasteiger partial charge in [0.2, 0.25) is 15.9 Å². The van der Waals surface area contributed by atoms with Gasteiger partial charge in [-0.2, -0.15) is 4.31 Å². The fourth-order valence-electron chi connectivity index (χ4n) is 5.92. The van der Waals surface area contributed by atoms with E-state index in [4.69, 9.17) is 10.5 Å². The molecule has 2 fully saturated rings. The summed E-state index contributed by atoms with van der Waals surface area (Å²) in [6.45, 7) is 10.2. The number of esters is 1. The number of piperazine rings is 1. The third kappa shape index (κ3) is 9.21. The molecule has 0 aliphatic carbocycles. The number of hydrogen-bond acceptors (Lipinski definition) is 10. The van der Waals surface area contributed by atoms with Crippen molar-refractivity contribution in [2.24, 2.45) is 0 Å². The van der Waals surface area contributed by atoms with Crippen LogP contribution in [0, 0.1) is 0 Å². The summed E-state index contributed by atoms with van der Waals surface area (Å²) < 4.78 is 33.2. The van der Waals surface area contributed by atoms with Gasteiger partial charge in [0.1, 0.15) is 22.6 Å². The predicted molar refractivity (Wildman–Crippen MR) is 199 cm³/mol. The van der Waals surface area contributed by atoms with Gasteiger partial charge in [-0.3, -0.25) is 14.6 Å². The Labute approximate surface area is 308 Å². The van der Waals surface area contributed by atoms with E-state index in [9.17, 15) is 27.6 Å². The van der Waals surface area contributed by atoms with Crippen molar-refractivity contribution in [3.05, 3.63) is 84.2 Å². The Kier molecular flexibility index (Phi) is 11.5. The number of anilines is 2. The van der Waals surface area contributed by atoms with Crippen LogP contribution in [0.4, 0.5) is 16.2 Å². The number of ether oxygens (including phenoxy) is 1. The van der Waals surface area contributed by atoms with E-state index in [0.717, 1.165) is 4.31 Å². The number of thioether (sulfide) groups is 1. The first-order valence-corrected chi connectivity index (χ1v) is 19.3. The highest BCUT2D eigenvalue weighted by atomic mass is 32.2. The van der Waals surface area contributed by atoms with Crippen molar-refractivity contribution in [3.8, 4) is 0 Å². The van der Waals surface area contributed by atoms with E-state index >= 15 is 0 Å². The lowest BCUT2D eigenvalue weighted by molar-refractivity contribution is -0.158. The molecule has 0 unspecified atom stereocenters. The highest BCUT2D eigenvalue weighted by Crippen LogP contribution is 2.42. The Bertz CT molecular complexity index is 1880. The van der Waals surface area contributed by atoms with Crippen molar-refractivity contribution in [2.75, 3.05) is 43.1 Å². The minimum absolute atomic E-state index is 0.0336. The lowest BCUT2D eigenvalue weighted by atomic mass is 10.0. The quantitative estimate of drug-likeness (QED) is 0.216. The van der Waals surface area contributed by atoms with Gasteiger partial charge in [0.25, 0.3) is 5.91 Å². The summed E-state index contributed by atoms with van der Waals surface area (Å²) in [7, 11) is -4.08. The number of carbonyl (C=O) groups is 4. The van der Waals surface area contributed by atoms with Crippen LogP contribution in [0.5, 0.6) is 0 Å². The van der Waals surface area contributed by atoms with Crippen molar-refractivity contribution in [3.63, 3.8) is 0 Å². The summed E-state index contributed by atoms with van der Waals surface area (Å²) in [6, 6.07) is 14.0. The van der Waals surface area contributed by atoms with Crippen LogP contribution in [0.3, 0.4) is 0 Å². The van der Waals surface area contributed by atoms with E-state index in [0.29, 0.717) is 48.7 Å². The van der Waals surface area contributed by atoms with Crippen LogP contribution in [-0.2, 0) is 30.8 Å². The van der Waals surface area contributed by atoms with Crippen LogP contribution < -0.4 is 16.4 Å². The summed E-state index contributed by atoms with van der Waals surface area (Å²) in [5, 5.41) is 5.67. The smallest absolute Gasteiger partial charge is 0.329 e. The number of nitrogens with two attached hydrogens (primary N) is 1. The molecule has 5 rings (SSSR count). The van der Waals surface area contributed by atoms with E-state index < -0.39 is 44.3 Å². The fraction of sp³-hybridized carbons (Fsp3) is 0.417. The second-order valence-corrected chi connectivity index (χ2v) is 17.7. The summed E-state index contributed by atoms with van der Waals surface area (Å²) in [6.07, 6.45) is 2.76. The van der Waals surface area contributed by atoms with Gasteiger partial charge in [-0.05, 0) is 88.7 Å². The number of nitrogens with zero attached hydrogens (tertiary/aromatic N) is 4. The van der Waals surface area contributed by atoms with Crippen molar-refractivity contribution in [2.45, 2.75) is 68.4 Å². The van der Waals surface area contributed by atoms with E-state index in [1.54, 1.807) is 92.9 Å². The minimum Gasteiger partial charge on any atom is -0.458 e. The molecule has 1 aromatic heterocycles. The molecule has 4 N–H and O–H groups in total. The van der Waals surface area contributed by atoms with Gasteiger partial charge >= 0.3 is 12.0 Å². The van der Waals surface area contributed by atoms with E-state index in [1.807, 2.05) is 0 Å². The molecule has 16 heteroatoms. The first kappa shape index (κ1) is 38.6. The number of hydrogen-bond donors (Lipinski definition) is 3. The minimum atomic E-state index is -4.08. The topological polar surface area (TPSA) is 184 Å². The normalized spacial score (nSPS) is 18.4. The maximum Gasteiger partial charge on any atom is 0.329 e. The van der Waals surface area contributed by atoms with Crippen LogP contribution in [0.1, 0.15) is 50.5 Å². The maximum absolute atomic E-state index is 14.0. The number of nitrogen functional groups attached to an aromatic ring is 1. The second-order valence-electron chi connectivity index (χ2n) is 14.2. The summed E-state index contributed by atoms with van der Waals surface area (Å²) >= 11 is 1.32. The highest BCUT2D eigenvalue weighted by Gasteiger charge is 2.51. The molecule has 3 aromatic rings. The van der Waals surface area contributed by atoms with Gasteiger partial charge in [0, 0.05) is 66.7 Å². The van der Waals surface area contributed by atoms with Gasteiger partial charge in [-0.25, -0.2) is 18.0 Å². The first-order valence-electron chi connectivity index (χ1n) is 16.8. The van der Waals surface area contributed by atoms with Crippen LogP contribution in [-0.4, -0.2) is 106 Å². The van der Waals surface area contributed by atoms with Crippen molar-refractivity contribution < 1.29 is 32.3 Å². The number of pyridine rings is 1. The molecule has 0 saturated carbocycles. The molecule has 2 aliphatic rings. The molecule has 14 nitrogen and oxygen atoms in total. The number of nitrogens with one attached hydrogen (secondary N) is 2.